The van der Waals surface area contributed by atoms with Gasteiger partial charge in [0.25, 0.3) is 0 Å². The van der Waals surface area contributed by atoms with Gasteiger partial charge in [-0.05, 0) is 26.0 Å². The van der Waals surface area contributed by atoms with Gasteiger partial charge in [-0.1, -0.05) is 0 Å². The molecule has 28 heavy (non-hydrogen) atoms. The molecule has 0 atom stereocenters. The Hall–Kier alpha value is -3.07. The molecule has 4 heterocycles. The third-order valence-electron chi connectivity index (χ3n) is 4.58. The highest BCUT2D eigenvalue weighted by molar-refractivity contribution is 7.13. The van der Waals surface area contributed by atoms with E-state index in [1.54, 1.807) is 34.4 Å². The van der Waals surface area contributed by atoms with Crippen LogP contribution in [0, 0.1) is 13.8 Å². The van der Waals surface area contributed by atoms with Crippen LogP contribution in [0.25, 0.3) is 6.08 Å². The molecule has 0 aromatic carbocycles. The number of rotatable bonds is 5. The van der Waals surface area contributed by atoms with Gasteiger partial charge in [0.2, 0.25) is 5.91 Å². The van der Waals surface area contributed by atoms with Crippen LogP contribution in [-0.2, 0) is 11.8 Å². The second kappa shape index (κ2) is 7.51. The molecule has 1 fully saturated rings. The van der Waals surface area contributed by atoms with Crippen molar-refractivity contribution in [2.45, 2.75) is 19.8 Å². The fraction of sp³-hybridized carbons (Fsp3) is 0.316. The van der Waals surface area contributed by atoms with Crippen LogP contribution < -0.4 is 5.32 Å². The number of carbonyl (C=O) groups is 1. The van der Waals surface area contributed by atoms with Crippen molar-refractivity contribution in [1.29, 1.82) is 0 Å². The predicted molar refractivity (Wildman–Crippen MR) is 108 cm³/mol. The van der Waals surface area contributed by atoms with E-state index in [1.165, 1.54) is 0 Å². The Morgan fingerprint density at radius 1 is 1.29 bits per heavy atom. The number of thiazole rings is 1. The quantitative estimate of drug-likeness (QED) is 0.668. The SMILES string of the molecule is Cc1csc(Nc2cc(C3CN(C(=O)/C=C/c4ccnn4C)C3)nc(C)n2)n1. The van der Waals surface area contributed by atoms with Crippen molar-refractivity contribution < 1.29 is 4.79 Å². The molecule has 1 amide bonds. The molecule has 0 radical (unpaired) electrons. The van der Waals surface area contributed by atoms with Crippen LogP contribution in [0.3, 0.4) is 0 Å². The van der Waals surface area contributed by atoms with Gasteiger partial charge in [-0.25, -0.2) is 15.0 Å². The Bertz CT molecular complexity index is 1030. The fourth-order valence-corrected chi connectivity index (χ4v) is 3.74. The van der Waals surface area contributed by atoms with Crippen molar-refractivity contribution >= 4 is 34.3 Å². The molecule has 0 spiro atoms. The van der Waals surface area contributed by atoms with E-state index < -0.39 is 0 Å². The van der Waals surface area contributed by atoms with Crippen LogP contribution in [-0.4, -0.2) is 48.6 Å². The number of aromatic nitrogens is 5. The summed E-state index contributed by atoms with van der Waals surface area (Å²) in [6.07, 6.45) is 5.09. The Balaban J connectivity index is 1.39. The van der Waals surface area contributed by atoms with Gasteiger partial charge in [0.15, 0.2) is 5.13 Å². The van der Waals surface area contributed by atoms with Crippen LogP contribution in [0.4, 0.5) is 10.9 Å². The lowest BCUT2D eigenvalue weighted by Gasteiger charge is -2.38. The summed E-state index contributed by atoms with van der Waals surface area (Å²) >= 11 is 1.54. The number of aryl methyl sites for hydroxylation is 3. The maximum atomic E-state index is 12.3. The van der Waals surface area contributed by atoms with Crippen molar-refractivity contribution in [2.24, 2.45) is 7.05 Å². The summed E-state index contributed by atoms with van der Waals surface area (Å²) in [6, 6.07) is 3.81. The molecule has 1 N–H and O–H groups in total. The number of nitrogens with zero attached hydrogens (tertiary/aromatic N) is 6. The van der Waals surface area contributed by atoms with Crippen LogP contribution in [0.2, 0.25) is 0 Å². The maximum Gasteiger partial charge on any atom is 0.246 e. The second-order valence-electron chi connectivity index (χ2n) is 6.80. The molecule has 144 valence electrons. The number of hydrogen-bond donors (Lipinski definition) is 1. The molecule has 3 aromatic rings. The molecule has 0 unspecified atom stereocenters. The summed E-state index contributed by atoms with van der Waals surface area (Å²) in [5, 5.41) is 10.1. The van der Waals surface area contributed by atoms with Gasteiger partial charge >= 0.3 is 0 Å². The minimum Gasteiger partial charge on any atom is -0.338 e. The zero-order valence-corrected chi connectivity index (χ0v) is 16.8. The lowest BCUT2D eigenvalue weighted by molar-refractivity contribution is -0.130. The van der Waals surface area contributed by atoms with E-state index in [-0.39, 0.29) is 11.8 Å². The number of amides is 1. The normalized spacial score (nSPS) is 14.5. The van der Waals surface area contributed by atoms with Gasteiger partial charge < -0.3 is 10.2 Å². The minimum atomic E-state index is -0.000151. The van der Waals surface area contributed by atoms with Crippen LogP contribution in [0.5, 0.6) is 0 Å². The Labute approximate surface area is 167 Å². The monoisotopic (exact) mass is 395 g/mol. The van der Waals surface area contributed by atoms with Gasteiger partial charge in [0.05, 0.1) is 17.1 Å². The molecule has 4 rings (SSSR count). The number of nitrogens with one attached hydrogen (secondary N) is 1. The Morgan fingerprint density at radius 3 is 2.79 bits per heavy atom. The molecule has 1 aliphatic heterocycles. The molecular formula is C19H21N7OS. The van der Waals surface area contributed by atoms with Gasteiger partial charge in [-0.15, -0.1) is 11.3 Å². The first-order valence-electron chi connectivity index (χ1n) is 8.97. The van der Waals surface area contributed by atoms with Gasteiger partial charge in [-0.3, -0.25) is 9.48 Å². The van der Waals surface area contributed by atoms with Gasteiger partial charge in [0, 0.05) is 49.8 Å². The van der Waals surface area contributed by atoms with E-state index in [4.69, 9.17) is 0 Å². The smallest absolute Gasteiger partial charge is 0.246 e. The van der Waals surface area contributed by atoms with E-state index >= 15 is 0 Å². The van der Waals surface area contributed by atoms with Crippen molar-refractivity contribution in [2.75, 3.05) is 18.4 Å². The molecule has 0 saturated carbocycles. The molecule has 0 bridgehead atoms. The number of anilines is 2. The molecular weight excluding hydrogens is 374 g/mol. The van der Waals surface area contributed by atoms with E-state index in [1.807, 2.05) is 43.3 Å². The number of likely N-dealkylation sites (tertiary alicyclic amines) is 1. The third kappa shape index (κ3) is 3.94. The molecule has 1 aliphatic rings. The lowest BCUT2D eigenvalue weighted by atomic mass is 9.95. The molecule has 0 aliphatic carbocycles. The summed E-state index contributed by atoms with van der Waals surface area (Å²) in [7, 11) is 1.85. The topological polar surface area (TPSA) is 88.8 Å². The molecule has 9 heteroatoms. The highest BCUT2D eigenvalue weighted by atomic mass is 32.1. The minimum absolute atomic E-state index is 0.000151. The molecule has 8 nitrogen and oxygen atoms in total. The van der Waals surface area contributed by atoms with Crippen LogP contribution in [0.1, 0.15) is 28.8 Å². The number of carbonyl (C=O) groups excluding carboxylic acids is 1. The van der Waals surface area contributed by atoms with Crippen LogP contribution in [0.15, 0.2) is 29.8 Å². The van der Waals surface area contributed by atoms with E-state index in [0.717, 1.165) is 28.0 Å². The van der Waals surface area contributed by atoms with E-state index in [2.05, 4.69) is 25.4 Å². The van der Waals surface area contributed by atoms with Crippen molar-refractivity contribution in [3.8, 4) is 0 Å². The highest BCUT2D eigenvalue weighted by Gasteiger charge is 2.32. The Morgan fingerprint density at radius 2 is 2.11 bits per heavy atom. The second-order valence-corrected chi connectivity index (χ2v) is 7.66. The van der Waals surface area contributed by atoms with Gasteiger partial charge in [-0.2, -0.15) is 5.10 Å². The molecule has 1 saturated heterocycles. The van der Waals surface area contributed by atoms with Crippen molar-refractivity contribution in [3.63, 3.8) is 0 Å². The Kier molecular flexibility index (Phi) is 4.91. The summed E-state index contributed by atoms with van der Waals surface area (Å²) in [5.74, 6) is 1.65. The summed E-state index contributed by atoms with van der Waals surface area (Å²) in [6.45, 7) is 5.14. The van der Waals surface area contributed by atoms with E-state index in [9.17, 15) is 4.79 Å². The molecule has 3 aromatic heterocycles. The average Bonchev–Trinajstić information content (AvgIpc) is 3.19. The zero-order valence-electron chi connectivity index (χ0n) is 16.0. The number of hydrogen-bond acceptors (Lipinski definition) is 7. The standard InChI is InChI=1S/C19H21N7OS/c1-12-11-28-19(21-12)24-17-8-16(22-13(2)23-17)14-9-26(10-14)18(27)5-4-15-6-7-20-25(15)3/h4-8,11,14H,9-10H2,1-3H3,(H,21,22,23,24)/b5-4+. The first-order valence-corrected chi connectivity index (χ1v) is 9.85. The first kappa shape index (κ1) is 18.3. The third-order valence-corrected chi connectivity index (χ3v) is 5.45. The maximum absolute atomic E-state index is 12.3. The summed E-state index contributed by atoms with van der Waals surface area (Å²) in [4.78, 5) is 27.6. The average molecular weight is 395 g/mol. The lowest BCUT2D eigenvalue weighted by Crippen LogP contribution is -2.48. The zero-order chi connectivity index (χ0) is 19.7. The summed E-state index contributed by atoms with van der Waals surface area (Å²) in [5.41, 5.74) is 2.82. The highest BCUT2D eigenvalue weighted by Crippen LogP contribution is 2.28. The van der Waals surface area contributed by atoms with Crippen molar-refractivity contribution in [3.05, 3.63) is 52.7 Å². The van der Waals surface area contributed by atoms with Crippen LogP contribution >= 0.6 is 11.3 Å². The van der Waals surface area contributed by atoms with Gasteiger partial charge in [0.1, 0.15) is 11.6 Å². The first-order chi connectivity index (χ1) is 13.5. The predicted octanol–water partition coefficient (Wildman–Crippen LogP) is 2.67. The largest absolute Gasteiger partial charge is 0.338 e. The summed E-state index contributed by atoms with van der Waals surface area (Å²) < 4.78 is 1.73. The fourth-order valence-electron chi connectivity index (χ4n) is 3.04. The van der Waals surface area contributed by atoms with E-state index in [0.29, 0.717) is 18.9 Å². The van der Waals surface area contributed by atoms with Crippen molar-refractivity contribution in [1.82, 2.24) is 29.6 Å².